The molecular weight excluding hydrogens is 398 g/mol. The molecule has 0 rings (SSSR count). The highest BCUT2D eigenvalue weighted by molar-refractivity contribution is 4.98. The summed E-state index contributed by atoms with van der Waals surface area (Å²) in [5, 5.41) is 29.9. The molecule has 0 aliphatic heterocycles. The average Bonchev–Trinajstić information content (AvgIpc) is 2.77. The van der Waals surface area contributed by atoms with Gasteiger partial charge in [-0.25, -0.2) is 0 Å². The maximum Gasteiger partial charge on any atom is 0.0701 e. The molecule has 3 N–H and O–H groups in total. The molecule has 0 aromatic carbocycles. The second-order valence-corrected chi connectivity index (χ2v) is 7.85. The van der Waals surface area contributed by atoms with Crippen molar-refractivity contribution in [3.63, 3.8) is 0 Å². The van der Waals surface area contributed by atoms with Crippen LogP contribution in [0.25, 0.3) is 0 Å². The third kappa shape index (κ3) is 21.5. The molecule has 0 radical (unpaired) electrons. The van der Waals surface area contributed by atoms with Crippen LogP contribution in [0.15, 0.2) is 72.9 Å². The Balaban J connectivity index is 4.14. The number of allylic oxidation sites excluding steroid dienone is 10. The molecular formula is C28H47NO3. The molecule has 0 saturated heterocycles. The molecule has 0 amide bonds. The van der Waals surface area contributed by atoms with Crippen LogP contribution in [0.3, 0.4) is 0 Å². The standard InChI is InChI=1S/C28H47NO3/c1-3-5-7-9-11-13-15-17-19-21-27(31)25-29(23-24-30)26-28(32)22-20-18-16-14-12-10-8-6-4-2/h5-8,11-14,17-20,27-28,30-32H,3-4,9-10,15-16,21-26H2,1-2H3/b7-5-,8-6-,13-11-,14-12-,19-17-,20-18-. The molecule has 32 heavy (non-hydrogen) atoms. The topological polar surface area (TPSA) is 63.9 Å². The minimum atomic E-state index is -0.510. The Morgan fingerprint density at radius 3 is 1.25 bits per heavy atom. The van der Waals surface area contributed by atoms with Gasteiger partial charge in [0.1, 0.15) is 0 Å². The SMILES string of the molecule is CC/C=C\C/C=C\C/C=C\CC(O)CN(CCO)CC(O)C/C=C\C/C=C\C/C=C\CC. The first-order chi connectivity index (χ1) is 15.6. The summed E-state index contributed by atoms with van der Waals surface area (Å²) >= 11 is 0. The van der Waals surface area contributed by atoms with E-state index in [9.17, 15) is 15.3 Å². The first-order valence-electron chi connectivity index (χ1n) is 12.2. The lowest BCUT2D eigenvalue weighted by Gasteiger charge is -2.26. The van der Waals surface area contributed by atoms with Crippen molar-refractivity contribution >= 4 is 0 Å². The number of hydrogen-bond donors (Lipinski definition) is 3. The van der Waals surface area contributed by atoms with Gasteiger partial charge in [0.05, 0.1) is 18.8 Å². The molecule has 0 spiro atoms. The normalized spacial score (nSPS) is 15.2. The largest absolute Gasteiger partial charge is 0.395 e. The maximum atomic E-state index is 10.3. The molecule has 0 saturated carbocycles. The van der Waals surface area contributed by atoms with Crippen molar-refractivity contribution in [3.8, 4) is 0 Å². The summed E-state index contributed by atoms with van der Waals surface area (Å²) in [6.07, 6.45) is 31.2. The van der Waals surface area contributed by atoms with E-state index in [-0.39, 0.29) is 6.61 Å². The zero-order chi connectivity index (χ0) is 23.7. The summed E-state index contributed by atoms with van der Waals surface area (Å²) in [6.45, 7) is 5.60. The van der Waals surface area contributed by atoms with Crippen LogP contribution < -0.4 is 0 Å². The van der Waals surface area contributed by atoms with Crippen LogP contribution in [-0.2, 0) is 0 Å². The Bertz CT molecular complexity index is 527. The van der Waals surface area contributed by atoms with Crippen LogP contribution in [-0.4, -0.2) is 58.7 Å². The minimum Gasteiger partial charge on any atom is -0.395 e. The number of hydrogen-bond acceptors (Lipinski definition) is 4. The van der Waals surface area contributed by atoms with Crippen LogP contribution in [0.4, 0.5) is 0 Å². The summed E-state index contributed by atoms with van der Waals surface area (Å²) in [5.74, 6) is 0. The van der Waals surface area contributed by atoms with Gasteiger partial charge in [-0.1, -0.05) is 86.8 Å². The third-order valence-corrected chi connectivity index (χ3v) is 4.73. The van der Waals surface area contributed by atoms with Crippen LogP contribution in [0.2, 0.25) is 0 Å². The monoisotopic (exact) mass is 445 g/mol. The molecule has 2 atom stereocenters. The Kier molecular flexibility index (Phi) is 22.6. The van der Waals surface area contributed by atoms with Gasteiger partial charge in [-0.05, 0) is 51.4 Å². The van der Waals surface area contributed by atoms with Gasteiger partial charge in [0.15, 0.2) is 0 Å². The van der Waals surface area contributed by atoms with Gasteiger partial charge in [0.25, 0.3) is 0 Å². The van der Waals surface area contributed by atoms with Crippen molar-refractivity contribution in [1.29, 1.82) is 0 Å². The molecule has 0 aliphatic carbocycles. The van der Waals surface area contributed by atoms with Crippen LogP contribution in [0.5, 0.6) is 0 Å². The highest BCUT2D eigenvalue weighted by Crippen LogP contribution is 2.04. The lowest BCUT2D eigenvalue weighted by atomic mass is 10.1. The van der Waals surface area contributed by atoms with Gasteiger partial charge < -0.3 is 15.3 Å². The molecule has 0 heterocycles. The molecule has 2 unspecified atom stereocenters. The van der Waals surface area contributed by atoms with Gasteiger partial charge >= 0.3 is 0 Å². The van der Waals surface area contributed by atoms with Gasteiger partial charge in [-0.3, -0.25) is 4.90 Å². The summed E-state index contributed by atoms with van der Waals surface area (Å²) < 4.78 is 0. The molecule has 182 valence electrons. The van der Waals surface area contributed by atoms with E-state index in [1.807, 2.05) is 17.1 Å². The van der Waals surface area contributed by atoms with Crippen LogP contribution in [0, 0.1) is 0 Å². The van der Waals surface area contributed by atoms with E-state index >= 15 is 0 Å². The van der Waals surface area contributed by atoms with E-state index in [0.717, 1.165) is 38.5 Å². The number of aliphatic hydroxyl groups is 3. The van der Waals surface area contributed by atoms with Crippen molar-refractivity contribution in [2.75, 3.05) is 26.2 Å². The van der Waals surface area contributed by atoms with Crippen molar-refractivity contribution in [1.82, 2.24) is 4.90 Å². The smallest absolute Gasteiger partial charge is 0.0701 e. The summed E-state index contributed by atoms with van der Waals surface area (Å²) in [7, 11) is 0. The van der Waals surface area contributed by atoms with Crippen molar-refractivity contribution in [2.24, 2.45) is 0 Å². The predicted molar refractivity (Wildman–Crippen MR) is 139 cm³/mol. The summed E-state index contributed by atoms with van der Waals surface area (Å²) in [5.41, 5.74) is 0. The van der Waals surface area contributed by atoms with Crippen molar-refractivity contribution < 1.29 is 15.3 Å². The molecule has 0 bridgehead atoms. The van der Waals surface area contributed by atoms with E-state index in [0.29, 0.717) is 32.5 Å². The third-order valence-electron chi connectivity index (χ3n) is 4.73. The fourth-order valence-electron chi connectivity index (χ4n) is 3.07. The lowest BCUT2D eigenvalue weighted by molar-refractivity contribution is 0.0617. The fourth-order valence-corrected chi connectivity index (χ4v) is 3.07. The predicted octanol–water partition coefficient (Wildman–Crippen LogP) is 5.50. The van der Waals surface area contributed by atoms with E-state index < -0.39 is 12.2 Å². The maximum absolute atomic E-state index is 10.3. The minimum absolute atomic E-state index is 0.0136. The van der Waals surface area contributed by atoms with E-state index in [1.165, 1.54) is 0 Å². The highest BCUT2D eigenvalue weighted by atomic mass is 16.3. The summed E-state index contributed by atoms with van der Waals surface area (Å²) in [4.78, 5) is 1.93. The lowest BCUT2D eigenvalue weighted by Crippen LogP contribution is -2.39. The molecule has 0 aromatic heterocycles. The van der Waals surface area contributed by atoms with Gasteiger partial charge in [-0.2, -0.15) is 0 Å². The summed E-state index contributed by atoms with van der Waals surface area (Å²) in [6, 6.07) is 0. The molecule has 0 fully saturated rings. The van der Waals surface area contributed by atoms with Crippen molar-refractivity contribution in [2.45, 2.75) is 77.4 Å². The zero-order valence-corrected chi connectivity index (χ0v) is 20.4. The number of rotatable bonds is 20. The second-order valence-electron chi connectivity index (χ2n) is 7.85. The first-order valence-corrected chi connectivity index (χ1v) is 12.2. The molecule has 0 aliphatic rings. The Morgan fingerprint density at radius 2 is 0.906 bits per heavy atom. The number of nitrogens with zero attached hydrogens (tertiary/aromatic N) is 1. The molecule has 4 heteroatoms. The second kappa shape index (κ2) is 23.9. The number of aliphatic hydroxyl groups excluding tert-OH is 3. The molecule has 4 nitrogen and oxygen atoms in total. The van der Waals surface area contributed by atoms with Gasteiger partial charge in [-0.15, -0.1) is 0 Å². The zero-order valence-electron chi connectivity index (χ0n) is 20.4. The van der Waals surface area contributed by atoms with Crippen LogP contribution >= 0.6 is 0 Å². The average molecular weight is 446 g/mol. The van der Waals surface area contributed by atoms with Crippen molar-refractivity contribution in [3.05, 3.63) is 72.9 Å². The van der Waals surface area contributed by atoms with E-state index in [1.54, 1.807) is 0 Å². The van der Waals surface area contributed by atoms with E-state index in [2.05, 4.69) is 74.6 Å². The van der Waals surface area contributed by atoms with E-state index in [4.69, 9.17) is 0 Å². The first kappa shape index (κ1) is 30.3. The Hall–Kier alpha value is -1.72. The van der Waals surface area contributed by atoms with Gasteiger partial charge in [0, 0.05) is 19.6 Å². The quantitative estimate of drug-likeness (QED) is 0.217. The Labute approximate surface area is 197 Å². The van der Waals surface area contributed by atoms with Crippen LogP contribution in [0.1, 0.15) is 65.2 Å². The Morgan fingerprint density at radius 1 is 0.562 bits per heavy atom. The fraction of sp³-hybridized carbons (Fsp3) is 0.571. The molecule has 0 aromatic rings. The highest BCUT2D eigenvalue weighted by Gasteiger charge is 2.14. The van der Waals surface area contributed by atoms with Gasteiger partial charge in [0.2, 0.25) is 0 Å².